The molecule has 0 aliphatic carbocycles. The van der Waals surface area contributed by atoms with Gasteiger partial charge in [-0.3, -0.25) is 9.59 Å². The van der Waals surface area contributed by atoms with Crippen LogP contribution < -0.4 is 5.32 Å². The Morgan fingerprint density at radius 3 is 2.88 bits per heavy atom. The predicted molar refractivity (Wildman–Crippen MR) is 59.6 cm³/mol. The quantitative estimate of drug-likeness (QED) is 0.529. The molecule has 1 fully saturated rings. The normalized spacial score (nSPS) is 25.4. The Kier molecular flexibility index (Phi) is 3.10. The van der Waals surface area contributed by atoms with E-state index in [0.29, 0.717) is 12.2 Å². The molecule has 5 heteroatoms. The van der Waals surface area contributed by atoms with Crippen LogP contribution in [0.25, 0.3) is 0 Å². The van der Waals surface area contributed by atoms with Gasteiger partial charge in [-0.25, -0.2) is 0 Å². The maximum absolute atomic E-state index is 11.5. The number of aliphatic hydroxyl groups excluding tert-OH is 1. The van der Waals surface area contributed by atoms with E-state index in [1.807, 2.05) is 0 Å². The van der Waals surface area contributed by atoms with Gasteiger partial charge in [0.25, 0.3) is 5.91 Å². The van der Waals surface area contributed by atoms with Crippen molar-refractivity contribution in [2.75, 3.05) is 6.54 Å². The van der Waals surface area contributed by atoms with Crippen molar-refractivity contribution in [1.29, 1.82) is 0 Å². The van der Waals surface area contributed by atoms with E-state index in [4.69, 9.17) is 4.74 Å². The maximum atomic E-state index is 11.5. The van der Waals surface area contributed by atoms with Gasteiger partial charge in [0, 0.05) is 6.42 Å². The lowest BCUT2D eigenvalue weighted by Gasteiger charge is -2.15. The van der Waals surface area contributed by atoms with Crippen molar-refractivity contribution in [1.82, 2.24) is 5.32 Å². The Bertz CT molecular complexity index is 439. The second-order valence-electron chi connectivity index (χ2n) is 3.99. The van der Waals surface area contributed by atoms with Gasteiger partial charge in [-0.15, -0.1) is 0 Å². The van der Waals surface area contributed by atoms with E-state index in [1.165, 1.54) is 0 Å². The van der Waals surface area contributed by atoms with E-state index in [9.17, 15) is 14.7 Å². The number of hydrogen-bond donors (Lipinski definition) is 2. The van der Waals surface area contributed by atoms with E-state index >= 15 is 0 Å². The fraction of sp³-hybridized carbons (Fsp3) is 0.333. The minimum Gasteiger partial charge on any atom is -0.461 e. The number of ether oxygens (including phenoxy) is 1. The van der Waals surface area contributed by atoms with Crippen molar-refractivity contribution in [3.05, 3.63) is 35.3 Å². The second-order valence-corrected chi connectivity index (χ2v) is 3.99. The lowest BCUT2D eigenvalue weighted by atomic mass is 10.1. The molecule has 1 atom stereocenters. The fourth-order valence-corrected chi connectivity index (χ4v) is 1.70. The first-order chi connectivity index (χ1) is 8.08. The summed E-state index contributed by atoms with van der Waals surface area (Å²) in [6.45, 7) is 1.66. The Labute approximate surface area is 98.5 Å². The first kappa shape index (κ1) is 11.6. The molecular weight excluding hydrogens is 222 g/mol. The van der Waals surface area contributed by atoms with Crippen molar-refractivity contribution in [3.63, 3.8) is 0 Å². The molecule has 1 amide bonds. The summed E-state index contributed by atoms with van der Waals surface area (Å²) in [7, 11) is 0. The Hall–Kier alpha value is -1.88. The zero-order valence-corrected chi connectivity index (χ0v) is 9.40. The second kappa shape index (κ2) is 4.55. The first-order valence-corrected chi connectivity index (χ1v) is 5.36. The summed E-state index contributed by atoms with van der Waals surface area (Å²) in [6, 6.07) is 0. The molecule has 5 nitrogen and oxygen atoms in total. The lowest BCUT2D eigenvalue weighted by Crippen LogP contribution is -2.15. The molecule has 2 aliphatic rings. The van der Waals surface area contributed by atoms with Gasteiger partial charge < -0.3 is 15.2 Å². The summed E-state index contributed by atoms with van der Waals surface area (Å²) in [5.41, 5.74) is 0.0532. The Morgan fingerprint density at radius 1 is 1.53 bits per heavy atom. The maximum Gasteiger partial charge on any atom is 0.259 e. The van der Waals surface area contributed by atoms with Crippen LogP contribution in [0.2, 0.25) is 0 Å². The van der Waals surface area contributed by atoms with Crippen molar-refractivity contribution in [2.45, 2.75) is 19.4 Å². The molecule has 2 heterocycles. The van der Waals surface area contributed by atoms with Crippen LogP contribution in [0.4, 0.5) is 0 Å². The average molecular weight is 235 g/mol. The number of Topliss-reactive ketones (excluding diaryl/α,β-unsaturated/α-hetero) is 1. The highest BCUT2D eigenvalue weighted by Crippen LogP contribution is 2.23. The molecule has 0 aromatic heterocycles. The van der Waals surface area contributed by atoms with Gasteiger partial charge in [-0.2, -0.15) is 0 Å². The molecule has 17 heavy (non-hydrogen) atoms. The van der Waals surface area contributed by atoms with Gasteiger partial charge in [0.15, 0.2) is 5.78 Å². The van der Waals surface area contributed by atoms with Crippen molar-refractivity contribution in [2.24, 2.45) is 0 Å². The summed E-state index contributed by atoms with van der Waals surface area (Å²) >= 11 is 0. The van der Waals surface area contributed by atoms with Crippen LogP contribution in [0, 0.1) is 0 Å². The van der Waals surface area contributed by atoms with E-state index in [2.05, 4.69) is 5.32 Å². The molecule has 1 saturated heterocycles. The number of carbonyl (C=O) groups excluding carboxylic acids is 2. The number of rotatable bonds is 2. The SMILES string of the molecule is CC(O)CC1=CC=CC(=C2C(=O)CNC2=O)O1. The number of amides is 1. The number of ketones is 1. The minimum atomic E-state index is -0.535. The van der Waals surface area contributed by atoms with Gasteiger partial charge in [-0.05, 0) is 19.1 Å². The Balaban J connectivity index is 2.23. The molecule has 1 unspecified atom stereocenters. The standard InChI is InChI=1S/C12H13NO4/c1-7(14)5-8-3-2-4-10(17-8)11-9(15)6-13-12(11)16/h2-4,7,14H,5-6H2,1H3,(H,13,16). The van der Waals surface area contributed by atoms with E-state index in [0.717, 1.165) is 0 Å². The van der Waals surface area contributed by atoms with Crippen molar-refractivity contribution in [3.8, 4) is 0 Å². The monoisotopic (exact) mass is 235 g/mol. The van der Waals surface area contributed by atoms with Crippen molar-refractivity contribution >= 4 is 11.7 Å². The van der Waals surface area contributed by atoms with Crippen LogP contribution >= 0.6 is 0 Å². The molecule has 0 saturated carbocycles. The molecule has 0 radical (unpaired) electrons. The van der Waals surface area contributed by atoms with Gasteiger partial charge in [-0.1, -0.05) is 6.08 Å². The third-order valence-corrected chi connectivity index (χ3v) is 2.43. The number of nitrogens with one attached hydrogen (secondary N) is 1. The predicted octanol–water partition coefficient (Wildman–Crippen LogP) is 0.181. The van der Waals surface area contributed by atoms with Crippen LogP contribution in [0.1, 0.15) is 13.3 Å². The highest BCUT2D eigenvalue weighted by Gasteiger charge is 2.30. The molecule has 2 rings (SSSR count). The molecule has 0 spiro atoms. The van der Waals surface area contributed by atoms with Crippen LogP contribution in [-0.4, -0.2) is 29.4 Å². The van der Waals surface area contributed by atoms with Gasteiger partial charge >= 0.3 is 0 Å². The zero-order chi connectivity index (χ0) is 12.4. The molecular formula is C12H13NO4. The molecule has 2 aliphatic heterocycles. The summed E-state index contributed by atoms with van der Waals surface area (Å²) < 4.78 is 5.43. The van der Waals surface area contributed by atoms with Gasteiger partial charge in [0.1, 0.15) is 17.1 Å². The third kappa shape index (κ3) is 2.45. The number of allylic oxidation sites excluding steroid dienone is 3. The van der Waals surface area contributed by atoms with E-state index in [-0.39, 0.29) is 23.7 Å². The van der Waals surface area contributed by atoms with Crippen LogP contribution in [-0.2, 0) is 14.3 Å². The van der Waals surface area contributed by atoms with E-state index < -0.39 is 12.0 Å². The minimum absolute atomic E-state index is 0.0182. The van der Waals surface area contributed by atoms with Crippen LogP contribution in [0.15, 0.2) is 35.3 Å². The van der Waals surface area contributed by atoms with Crippen molar-refractivity contribution < 1.29 is 19.4 Å². The average Bonchev–Trinajstić information content (AvgIpc) is 2.58. The highest BCUT2D eigenvalue weighted by molar-refractivity contribution is 6.25. The summed E-state index contributed by atoms with van der Waals surface area (Å²) in [5, 5.41) is 11.7. The molecule has 0 aromatic rings. The summed E-state index contributed by atoms with van der Waals surface area (Å²) in [5.74, 6) is 0.113. The molecule has 90 valence electrons. The van der Waals surface area contributed by atoms with E-state index in [1.54, 1.807) is 25.2 Å². The zero-order valence-electron chi connectivity index (χ0n) is 9.40. The summed E-state index contributed by atoms with van der Waals surface area (Å²) in [6.07, 6.45) is 4.78. The lowest BCUT2D eigenvalue weighted by molar-refractivity contribution is -0.117. The fourth-order valence-electron chi connectivity index (χ4n) is 1.70. The number of aliphatic hydroxyl groups is 1. The Morgan fingerprint density at radius 2 is 2.29 bits per heavy atom. The number of carbonyl (C=O) groups is 2. The smallest absolute Gasteiger partial charge is 0.259 e. The van der Waals surface area contributed by atoms with Gasteiger partial charge in [0.2, 0.25) is 0 Å². The van der Waals surface area contributed by atoms with Crippen LogP contribution in [0.5, 0.6) is 0 Å². The first-order valence-electron chi connectivity index (χ1n) is 5.36. The topological polar surface area (TPSA) is 75.6 Å². The largest absolute Gasteiger partial charge is 0.461 e. The molecule has 0 bridgehead atoms. The summed E-state index contributed by atoms with van der Waals surface area (Å²) in [4.78, 5) is 22.9. The van der Waals surface area contributed by atoms with Gasteiger partial charge in [0.05, 0.1) is 12.6 Å². The third-order valence-electron chi connectivity index (χ3n) is 2.43. The number of hydrogen-bond acceptors (Lipinski definition) is 4. The molecule has 0 aromatic carbocycles. The molecule has 2 N–H and O–H groups in total. The van der Waals surface area contributed by atoms with Crippen LogP contribution in [0.3, 0.4) is 0 Å². The highest BCUT2D eigenvalue weighted by atomic mass is 16.5.